The van der Waals surface area contributed by atoms with Crippen molar-refractivity contribution in [1.82, 2.24) is 0 Å². The van der Waals surface area contributed by atoms with Crippen LogP contribution >= 0.6 is 7.82 Å². The van der Waals surface area contributed by atoms with Gasteiger partial charge in [0.05, 0.1) is 40.1 Å². The average molecular weight is 808 g/mol. The second-order valence-electron chi connectivity index (χ2n) is 15.6. The SMILES string of the molecule is CCCCC/C=C\C=C/[C@H](O)C/C=C\C/C=C/CCCC(=O)O[C@H](CO/C=C/CCCCCCCC/C=C\CCCCCC)COP(=O)([O-])OCC[N+](C)(C)C. The first kappa shape index (κ1) is 53.7. The van der Waals surface area contributed by atoms with Gasteiger partial charge in [-0.15, -0.1) is 0 Å². The minimum Gasteiger partial charge on any atom is -0.756 e. The van der Waals surface area contributed by atoms with Crippen LogP contribution in [0.15, 0.2) is 73.1 Å². The van der Waals surface area contributed by atoms with Gasteiger partial charge in [-0.25, -0.2) is 0 Å². The molecule has 0 saturated carbocycles. The number of aliphatic hydroxyl groups excluding tert-OH is 1. The Morgan fingerprint density at radius 3 is 1.91 bits per heavy atom. The van der Waals surface area contributed by atoms with Crippen LogP contribution in [-0.4, -0.2) is 75.3 Å². The van der Waals surface area contributed by atoms with Crippen molar-refractivity contribution in [3.8, 4) is 0 Å². The van der Waals surface area contributed by atoms with Crippen LogP contribution in [-0.2, 0) is 27.9 Å². The zero-order chi connectivity index (χ0) is 41.4. The first-order valence-electron chi connectivity index (χ1n) is 21.8. The third kappa shape index (κ3) is 41.4. The van der Waals surface area contributed by atoms with E-state index in [-0.39, 0.29) is 26.2 Å². The Kier molecular flexibility index (Phi) is 36.7. The summed E-state index contributed by atoms with van der Waals surface area (Å²) < 4.78 is 34.2. The number of carbonyl (C=O) groups excluding carboxylic acids is 1. The number of ether oxygens (including phenoxy) is 2. The molecule has 0 spiro atoms. The highest BCUT2D eigenvalue weighted by molar-refractivity contribution is 7.45. The smallest absolute Gasteiger partial charge is 0.306 e. The number of phosphoric acid groups is 1. The number of allylic oxidation sites excluding steroid dienone is 9. The number of nitrogens with zero attached hydrogens (tertiary/aromatic N) is 1. The van der Waals surface area contributed by atoms with Gasteiger partial charge >= 0.3 is 5.97 Å². The van der Waals surface area contributed by atoms with Gasteiger partial charge in [-0.3, -0.25) is 9.36 Å². The summed E-state index contributed by atoms with van der Waals surface area (Å²) in [6.45, 7) is 4.51. The molecule has 0 aliphatic rings. The third-order valence-electron chi connectivity index (χ3n) is 8.87. The lowest BCUT2D eigenvalue weighted by atomic mass is 10.1. The number of phosphoric ester groups is 1. The fourth-order valence-electron chi connectivity index (χ4n) is 5.40. The van der Waals surface area contributed by atoms with Crippen molar-refractivity contribution in [2.75, 3.05) is 47.5 Å². The Labute approximate surface area is 343 Å². The summed E-state index contributed by atoms with van der Waals surface area (Å²) in [5.41, 5.74) is 0. The number of carbonyl (C=O) groups is 1. The average Bonchev–Trinajstić information content (AvgIpc) is 3.14. The maximum Gasteiger partial charge on any atom is 0.306 e. The normalized spacial score (nSPS) is 15.0. The van der Waals surface area contributed by atoms with Gasteiger partial charge in [0.15, 0.2) is 6.10 Å². The van der Waals surface area contributed by atoms with Gasteiger partial charge in [0, 0.05) is 6.42 Å². The van der Waals surface area contributed by atoms with Gasteiger partial charge < -0.3 is 33.0 Å². The number of likely N-dealkylation sites (N-methyl/N-ethyl adjacent to an activating group) is 1. The number of hydrogen-bond donors (Lipinski definition) is 1. The van der Waals surface area contributed by atoms with Crippen LogP contribution in [0.1, 0.15) is 155 Å². The van der Waals surface area contributed by atoms with Crippen molar-refractivity contribution in [2.24, 2.45) is 0 Å². The molecule has 324 valence electrons. The molecule has 0 bridgehead atoms. The predicted octanol–water partition coefficient (Wildman–Crippen LogP) is 11.4. The summed E-state index contributed by atoms with van der Waals surface area (Å²) in [6, 6.07) is 0. The van der Waals surface area contributed by atoms with Crippen LogP contribution < -0.4 is 4.89 Å². The zero-order valence-electron chi connectivity index (χ0n) is 36.2. The Balaban J connectivity index is 4.49. The summed E-state index contributed by atoms with van der Waals surface area (Å²) in [6.07, 6.45) is 46.1. The van der Waals surface area contributed by atoms with Crippen molar-refractivity contribution >= 4 is 13.8 Å². The molecule has 10 heteroatoms. The summed E-state index contributed by atoms with van der Waals surface area (Å²) in [5, 5.41) is 10.1. The van der Waals surface area contributed by atoms with Crippen LogP contribution in [0.25, 0.3) is 0 Å². The lowest BCUT2D eigenvalue weighted by Gasteiger charge is -2.28. The Morgan fingerprint density at radius 1 is 0.679 bits per heavy atom. The number of quaternary nitrogens is 1. The van der Waals surface area contributed by atoms with E-state index in [0.29, 0.717) is 30.3 Å². The predicted molar refractivity (Wildman–Crippen MR) is 232 cm³/mol. The van der Waals surface area contributed by atoms with E-state index in [1.54, 1.807) is 12.3 Å². The summed E-state index contributed by atoms with van der Waals surface area (Å²) in [5.74, 6) is -0.442. The first-order valence-corrected chi connectivity index (χ1v) is 23.3. The van der Waals surface area contributed by atoms with Crippen molar-refractivity contribution < 1.29 is 42.4 Å². The van der Waals surface area contributed by atoms with Gasteiger partial charge in [0.2, 0.25) is 0 Å². The maximum absolute atomic E-state index is 12.6. The van der Waals surface area contributed by atoms with Crippen LogP contribution in [0.2, 0.25) is 0 Å². The minimum absolute atomic E-state index is 0.00962. The molecule has 0 rings (SSSR count). The van der Waals surface area contributed by atoms with Gasteiger partial charge in [-0.05, 0) is 83.1 Å². The second-order valence-corrected chi connectivity index (χ2v) is 17.0. The fraction of sp³-hybridized carbons (Fsp3) is 0.717. The van der Waals surface area contributed by atoms with E-state index >= 15 is 0 Å². The van der Waals surface area contributed by atoms with Crippen molar-refractivity contribution in [2.45, 2.75) is 167 Å². The fourth-order valence-corrected chi connectivity index (χ4v) is 6.13. The molecule has 0 aromatic heterocycles. The quantitative estimate of drug-likeness (QED) is 0.0124. The third-order valence-corrected chi connectivity index (χ3v) is 9.84. The number of aliphatic hydroxyl groups is 1. The van der Waals surface area contributed by atoms with E-state index in [9.17, 15) is 19.4 Å². The van der Waals surface area contributed by atoms with Crippen molar-refractivity contribution in [3.63, 3.8) is 0 Å². The molecule has 0 aliphatic heterocycles. The second kappa shape index (κ2) is 38.3. The highest BCUT2D eigenvalue weighted by Gasteiger charge is 2.20. The molecule has 0 aromatic rings. The Bertz CT molecular complexity index is 1140. The van der Waals surface area contributed by atoms with Crippen molar-refractivity contribution in [1.29, 1.82) is 0 Å². The molecule has 0 fully saturated rings. The largest absolute Gasteiger partial charge is 0.756 e. The maximum atomic E-state index is 12.6. The van der Waals surface area contributed by atoms with Gasteiger partial charge in [0.1, 0.15) is 19.8 Å². The number of unbranched alkanes of at least 4 members (excludes halogenated alkanes) is 15. The lowest BCUT2D eigenvalue weighted by molar-refractivity contribution is -0.870. The van der Waals surface area contributed by atoms with Gasteiger partial charge in [0.25, 0.3) is 7.82 Å². The van der Waals surface area contributed by atoms with E-state index in [4.69, 9.17) is 18.5 Å². The monoisotopic (exact) mass is 808 g/mol. The molecule has 0 aliphatic carbocycles. The van der Waals surface area contributed by atoms with Crippen LogP contribution in [0.3, 0.4) is 0 Å². The van der Waals surface area contributed by atoms with E-state index < -0.39 is 26.0 Å². The molecular weight excluding hydrogens is 725 g/mol. The molecule has 0 radical (unpaired) electrons. The summed E-state index contributed by atoms with van der Waals surface area (Å²) in [4.78, 5) is 25.0. The van der Waals surface area contributed by atoms with E-state index in [0.717, 1.165) is 25.7 Å². The van der Waals surface area contributed by atoms with Crippen LogP contribution in [0.4, 0.5) is 0 Å². The lowest BCUT2D eigenvalue weighted by Crippen LogP contribution is -2.37. The highest BCUT2D eigenvalue weighted by Crippen LogP contribution is 2.38. The molecule has 0 saturated heterocycles. The zero-order valence-corrected chi connectivity index (χ0v) is 37.1. The van der Waals surface area contributed by atoms with Gasteiger partial charge in [-0.2, -0.15) is 0 Å². The molecule has 3 atom stereocenters. The Morgan fingerprint density at radius 2 is 1.23 bits per heavy atom. The van der Waals surface area contributed by atoms with E-state index in [2.05, 4.69) is 32.1 Å². The number of esters is 1. The molecule has 56 heavy (non-hydrogen) atoms. The minimum atomic E-state index is -4.58. The van der Waals surface area contributed by atoms with Crippen LogP contribution in [0.5, 0.6) is 0 Å². The molecule has 1 N–H and O–H groups in total. The summed E-state index contributed by atoms with van der Waals surface area (Å²) in [7, 11) is 1.24. The molecular formula is C46H82NO8P. The molecule has 9 nitrogen and oxygen atoms in total. The molecule has 0 amide bonds. The molecule has 1 unspecified atom stereocenters. The van der Waals surface area contributed by atoms with E-state index in [1.807, 2.05) is 63.7 Å². The molecule has 0 aromatic carbocycles. The van der Waals surface area contributed by atoms with Crippen molar-refractivity contribution in [3.05, 3.63) is 73.1 Å². The van der Waals surface area contributed by atoms with Crippen LogP contribution in [0, 0.1) is 0 Å². The standard InChI is InChI=1S/C46H82NO8P/c1-6-8-10-12-14-15-16-17-18-19-20-21-22-27-31-35-40-52-42-45(43-54-56(50,51)53-41-39-47(3,4)5)55-46(49)38-34-30-26-23-25-29-33-37-44(48)36-32-28-24-13-11-9-7-2/h15-16,23-24,26,28-29,32-33,35-36,40,44-45,48H,6-14,17-22,25,27,30-31,34,37-39,41-43H2,1-5H3/b16-15-,26-23+,28-24-,33-29-,36-32-,40-35+/t44-,45+/m0/s1. The Hall–Kier alpha value is -2.26. The van der Waals surface area contributed by atoms with Gasteiger partial charge in [-0.1, -0.05) is 132 Å². The first-order chi connectivity index (χ1) is 27.0. The van der Waals surface area contributed by atoms with E-state index in [1.165, 1.54) is 89.9 Å². The number of rotatable bonds is 39. The summed E-state index contributed by atoms with van der Waals surface area (Å²) >= 11 is 0. The topological polar surface area (TPSA) is 114 Å². The number of hydrogen-bond acceptors (Lipinski definition) is 8. The highest BCUT2D eigenvalue weighted by atomic mass is 31.2. The molecule has 0 heterocycles.